The zero-order valence-corrected chi connectivity index (χ0v) is 17.1. The van der Waals surface area contributed by atoms with E-state index in [0.29, 0.717) is 36.2 Å². The molecule has 0 radical (unpaired) electrons. The molecule has 136 valence electrons. The molecule has 0 atom stereocenters. The summed E-state index contributed by atoms with van der Waals surface area (Å²) < 4.78 is 1.69. The number of carbonyl (C=O) groups is 1. The van der Waals surface area contributed by atoms with Gasteiger partial charge < -0.3 is 16.0 Å². The molecule has 0 aliphatic heterocycles. The monoisotopic (exact) mass is 477 g/mol. The third kappa shape index (κ3) is 6.86. The summed E-state index contributed by atoms with van der Waals surface area (Å²) in [5.41, 5.74) is 0.573. The summed E-state index contributed by atoms with van der Waals surface area (Å²) in [5.74, 6) is 1.28. The van der Waals surface area contributed by atoms with Crippen LogP contribution < -0.4 is 16.0 Å². The highest BCUT2D eigenvalue weighted by atomic mass is 127. The van der Waals surface area contributed by atoms with E-state index in [9.17, 15) is 4.79 Å². The van der Waals surface area contributed by atoms with Gasteiger partial charge >= 0.3 is 0 Å². The number of nitrogens with zero attached hydrogens (tertiary/aromatic N) is 4. The number of aryl methyl sites for hydroxylation is 1. The lowest BCUT2D eigenvalue weighted by atomic mass is 10.2. The third-order valence-electron chi connectivity index (χ3n) is 3.25. The van der Waals surface area contributed by atoms with Crippen LogP contribution in [-0.2, 0) is 13.6 Å². The highest BCUT2D eigenvalue weighted by molar-refractivity contribution is 14.0. The SMILES string of the molecule is CN=C(NCCNC(=O)c1ccc(Cl)cc1)NCc1ncnn1C.I. The van der Waals surface area contributed by atoms with Crippen molar-refractivity contribution in [1.29, 1.82) is 0 Å². The van der Waals surface area contributed by atoms with Crippen LogP contribution in [0.5, 0.6) is 0 Å². The van der Waals surface area contributed by atoms with E-state index in [1.54, 1.807) is 36.0 Å². The maximum Gasteiger partial charge on any atom is 0.251 e. The second-order valence-electron chi connectivity index (χ2n) is 4.92. The quantitative estimate of drug-likeness (QED) is 0.251. The molecule has 0 spiro atoms. The number of guanidine groups is 1. The second kappa shape index (κ2) is 10.9. The van der Waals surface area contributed by atoms with Gasteiger partial charge in [-0.15, -0.1) is 24.0 Å². The van der Waals surface area contributed by atoms with Gasteiger partial charge in [-0.2, -0.15) is 5.10 Å². The van der Waals surface area contributed by atoms with E-state index in [-0.39, 0.29) is 29.9 Å². The molecule has 2 aromatic rings. The van der Waals surface area contributed by atoms with Crippen molar-refractivity contribution in [2.45, 2.75) is 6.54 Å². The number of benzene rings is 1. The lowest BCUT2D eigenvalue weighted by molar-refractivity contribution is 0.0954. The van der Waals surface area contributed by atoms with E-state index < -0.39 is 0 Å². The maximum absolute atomic E-state index is 11.9. The van der Waals surface area contributed by atoms with Crippen LogP contribution in [0, 0.1) is 0 Å². The Kier molecular flexibility index (Phi) is 9.21. The molecule has 2 rings (SSSR count). The molecule has 0 bridgehead atoms. The molecule has 1 amide bonds. The molecule has 0 saturated carbocycles. The van der Waals surface area contributed by atoms with Crippen molar-refractivity contribution >= 4 is 47.4 Å². The first kappa shape index (κ1) is 21.2. The smallest absolute Gasteiger partial charge is 0.251 e. The summed E-state index contributed by atoms with van der Waals surface area (Å²) in [6, 6.07) is 6.75. The Balaban J connectivity index is 0.00000312. The molecule has 8 nitrogen and oxygen atoms in total. The van der Waals surface area contributed by atoms with Gasteiger partial charge in [-0.1, -0.05) is 11.6 Å². The highest BCUT2D eigenvalue weighted by Gasteiger charge is 2.05. The normalized spacial score (nSPS) is 10.8. The third-order valence-corrected chi connectivity index (χ3v) is 3.50. The lowest BCUT2D eigenvalue weighted by Gasteiger charge is -2.12. The van der Waals surface area contributed by atoms with Crippen LogP contribution in [0.25, 0.3) is 0 Å². The number of rotatable bonds is 6. The maximum atomic E-state index is 11.9. The van der Waals surface area contributed by atoms with Crippen molar-refractivity contribution in [1.82, 2.24) is 30.7 Å². The number of nitrogens with one attached hydrogen (secondary N) is 3. The molecule has 0 unspecified atom stereocenters. The van der Waals surface area contributed by atoms with Gasteiger partial charge in [-0.25, -0.2) is 4.98 Å². The fourth-order valence-electron chi connectivity index (χ4n) is 1.92. The average molecular weight is 478 g/mol. The molecule has 3 N–H and O–H groups in total. The lowest BCUT2D eigenvalue weighted by Crippen LogP contribution is -2.41. The van der Waals surface area contributed by atoms with Gasteiger partial charge in [0, 0.05) is 37.8 Å². The van der Waals surface area contributed by atoms with E-state index in [1.807, 2.05) is 7.05 Å². The topological polar surface area (TPSA) is 96.2 Å². The molecule has 0 aliphatic rings. The molecular weight excluding hydrogens is 457 g/mol. The van der Waals surface area contributed by atoms with Gasteiger partial charge in [0.05, 0.1) is 6.54 Å². The molecule has 0 aliphatic carbocycles. The first-order valence-corrected chi connectivity index (χ1v) is 7.79. The zero-order chi connectivity index (χ0) is 17.4. The van der Waals surface area contributed by atoms with Gasteiger partial charge in [0.25, 0.3) is 5.91 Å². The Bertz CT molecular complexity index is 702. The van der Waals surface area contributed by atoms with Crippen molar-refractivity contribution < 1.29 is 4.79 Å². The Hall–Kier alpha value is -1.88. The Morgan fingerprint density at radius 3 is 2.48 bits per heavy atom. The summed E-state index contributed by atoms with van der Waals surface area (Å²) in [5, 5.41) is 13.7. The van der Waals surface area contributed by atoms with E-state index in [1.165, 1.54) is 6.33 Å². The van der Waals surface area contributed by atoms with E-state index in [4.69, 9.17) is 11.6 Å². The van der Waals surface area contributed by atoms with Crippen molar-refractivity contribution in [2.24, 2.45) is 12.0 Å². The largest absolute Gasteiger partial charge is 0.355 e. The predicted octanol–water partition coefficient (Wildman–Crippen LogP) is 1.18. The van der Waals surface area contributed by atoms with Crippen LogP contribution >= 0.6 is 35.6 Å². The zero-order valence-electron chi connectivity index (χ0n) is 14.0. The molecule has 1 aromatic heterocycles. The molecule has 10 heteroatoms. The van der Waals surface area contributed by atoms with Crippen LogP contribution in [0.1, 0.15) is 16.2 Å². The minimum atomic E-state index is -0.143. The first-order valence-electron chi connectivity index (χ1n) is 7.41. The van der Waals surface area contributed by atoms with Crippen LogP contribution in [-0.4, -0.2) is 46.8 Å². The number of hydrogen-bond acceptors (Lipinski definition) is 4. The van der Waals surface area contributed by atoms with Gasteiger partial charge in [0.1, 0.15) is 12.2 Å². The number of hydrogen-bond donors (Lipinski definition) is 3. The summed E-state index contributed by atoms with van der Waals surface area (Å²) in [4.78, 5) is 20.2. The minimum absolute atomic E-state index is 0. The summed E-state index contributed by atoms with van der Waals surface area (Å²) in [7, 11) is 3.50. The van der Waals surface area contributed by atoms with Crippen molar-refractivity contribution in [3.8, 4) is 0 Å². The Labute approximate surface area is 168 Å². The molecular formula is C15H21ClIN7O. The molecule has 1 aromatic carbocycles. The van der Waals surface area contributed by atoms with Crippen LogP contribution in [0.3, 0.4) is 0 Å². The number of aliphatic imine (C=N–C) groups is 1. The number of amides is 1. The number of aromatic nitrogens is 3. The predicted molar refractivity (Wildman–Crippen MR) is 108 cm³/mol. The van der Waals surface area contributed by atoms with Crippen LogP contribution in [0.15, 0.2) is 35.6 Å². The average Bonchev–Trinajstić information content (AvgIpc) is 2.99. The number of halogens is 2. The van der Waals surface area contributed by atoms with E-state index in [2.05, 4.69) is 31.0 Å². The van der Waals surface area contributed by atoms with Crippen molar-refractivity contribution in [3.63, 3.8) is 0 Å². The highest BCUT2D eigenvalue weighted by Crippen LogP contribution is 2.09. The second-order valence-corrected chi connectivity index (χ2v) is 5.35. The summed E-state index contributed by atoms with van der Waals surface area (Å²) in [6.45, 7) is 1.51. The molecule has 0 fully saturated rings. The Morgan fingerprint density at radius 2 is 1.88 bits per heavy atom. The molecule has 0 saturated heterocycles. The molecule has 1 heterocycles. The van der Waals surface area contributed by atoms with Crippen molar-refractivity contribution in [2.75, 3.05) is 20.1 Å². The minimum Gasteiger partial charge on any atom is -0.355 e. The fourth-order valence-corrected chi connectivity index (χ4v) is 2.05. The van der Waals surface area contributed by atoms with E-state index >= 15 is 0 Å². The summed E-state index contributed by atoms with van der Waals surface area (Å²) >= 11 is 5.80. The standard InChI is InChI=1S/C15H20ClN7O.HI/c1-17-15(20-9-13-21-10-22-23(13)2)19-8-7-18-14(24)11-3-5-12(16)6-4-11;/h3-6,10H,7-9H2,1-2H3,(H,18,24)(H2,17,19,20);1H. The first-order chi connectivity index (χ1) is 11.6. The van der Waals surface area contributed by atoms with Gasteiger partial charge in [0.15, 0.2) is 5.96 Å². The Morgan fingerprint density at radius 1 is 1.20 bits per heavy atom. The van der Waals surface area contributed by atoms with E-state index in [0.717, 1.165) is 5.82 Å². The number of carbonyl (C=O) groups excluding carboxylic acids is 1. The van der Waals surface area contributed by atoms with Gasteiger partial charge in [-0.3, -0.25) is 14.5 Å². The van der Waals surface area contributed by atoms with Crippen LogP contribution in [0.4, 0.5) is 0 Å². The van der Waals surface area contributed by atoms with Gasteiger partial charge in [-0.05, 0) is 24.3 Å². The van der Waals surface area contributed by atoms with Gasteiger partial charge in [0.2, 0.25) is 0 Å². The fraction of sp³-hybridized carbons (Fsp3) is 0.333. The summed E-state index contributed by atoms with van der Waals surface area (Å²) in [6.07, 6.45) is 1.50. The van der Waals surface area contributed by atoms with Crippen LogP contribution in [0.2, 0.25) is 5.02 Å². The molecule has 25 heavy (non-hydrogen) atoms. The van der Waals surface area contributed by atoms with Crippen molar-refractivity contribution in [3.05, 3.63) is 47.0 Å².